The molecule has 0 radical (unpaired) electrons. The molecule has 8 heteroatoms. The summed E-state index contributed by atoms with van der Waals surface area (Å²) in [5, 5.41) is 3.74. The van der Waals surface area contributed by atoms with Crippen molar-refractivity contribution in [3.05, 3.63) is 11.5 Å². The van der Waals surface area contributed by atoms with Gasteiger partial charge in [0.05, 0.1) is 0 Å². The highest BCUT2D eigenvalue weighted by Crippen LogP contribution is 2.28. The van der Waals surface area contributed by atoms with Gasteiger partial charge in [-0.3, -0.25) is 4.90 Å². The van der Waals surface area contributed by atoms with Crippen LogP contribution < -0.4 is 0 Å². The molecule has 1 aromatic heterocycles. The standard InChI is InChI=1S/C13H22N4O3S/c1-10-13(11(2)20-14-10)21(18,19)17-8-12(9-17)16-6-4-15(3)5-7-16/h12H,4-9H2,1-3H3. The molecule has 0 bridgehead atoms. The van der Waals surface area contributed by atoms with Crippen LogP contribution in [0.15, 0.2) is 9.42 Å². The highest BCUT2D eigenvalue weighted by atomic mass is 32.2. The van der Waals surface area contributed by atoms with E-state index in [4.69, 9.17) is 4.52 Å². The Labute approximate surface area is 125 Å². The van der Waals surface area contributed by atoms with Crippen molar-refractivity contribution in [2.24, 2.45) is 0 Å². The van der Waals surface area contributed by atoms with Crippen LogP contribution in [0.3, 0.4) is 0 Å². The summed E-state index contributed by atoms with van der Waals surface area (Å²) in [5.74, 6) is 0.371. The Morgan fingerprint density at radius 1 is 1.14 bits per heavy atom. The number of aryl methyl sites for hydroxylation is 2. The van der Waals surface area contributed by atoms with E-state index < -0.39 is 10.0 Å². The number of hydrogen-bond acceptors (Lipinski definition) is 6. The second-order valence-electron chi connectivity index (χ2n) is 5.97. The Morgan fingerprint density at radius 3 is 2.29 bits per heavy atom. The molecular weight excluding hydrogens is 292 g/mol. The summed E-state index contributed by atoms with van der Waals surface area (Å²) < 4.78 is 31.7. The number of hydrogen-bond donors (Lipinski definition) is 0. The minimum atomic E-state index is -3.46. The van der Waals surface area contributed by atoms with Crippen LogP contribution in [0.1, 0.15) is 11.5 Å². The molecule has 2 fully saturated rings. The third-order valence-electron chi connectivity index (χ3n) is 4.45. The minimum Gasteiger partial charge on any atom is -0.360 e. The quantitative estimate of drug-likeness (QED) is 0.777. The second kappa shape index (κ2) is 5.35. The van der Waals surface area contributed by atoms with Crippen molar-refractivity contribution in [3.63, 3.8) is 0 Å². The Bertz CT molecular complexity index is 594. The maximum atomic E-state index is 12.6. The number of nitrogens with zero attached hydrogens (tertiary/aromatic N) is 4. The van der Waals surface area contributed by atoms with Crippen LogP contribution >= 0.6 is 0 Å². The molecule has 0 aromatic carbocycles. The summed E-state index contributed by atoms with van der Waals surface area (Å²) in [4.78, 5) is 4.92. The minimum absolute atomic E-state index is 0.235. The summed E-state index contributed by atoms with van der Waals surface area (Å²) in [5.41, 5.74) is 0.440. The maximum Gasteiger partial charge on any atom is 0.248 e. The molecule has 0 unspecified atom stereocenters. The van der Waals surface area contributed by atoms with E-state index in [2.05, 4.69) is 22.0 Å². The van der Waals surface area contributed by atoms with Crippen molar-refractivity contribution in [2.75, 3.05) is 46.3 Å². The molecule has 21 heavy (non-hydrogen) atoms. The average Bonchev–Trinajstić information content (AvgIpc) is 2.70. The van der Waals surface area contributed by atoms with Crippen LogP contribution in [-0.2, 0) is 10.0 Å². The van der Waals surface area contributed by atoms with Crippen LogP contribution in [0.4, 0.5) is 0 Å². The first-order valence-electron chi connectivity index (χ1n) is 7.25. The molecule has 2 aliphatic heterocycles. The highest BCUT2D eigenvalue weighted by Gasteiger charge is 2.42. The molecule has 118 valence electrons. The number of likely N-dealkylation sites (N-methyl/N-ethyl adjacent to an activating group) is 1. The van der Waals surface area contributed by atoms with Crippen molar-refractivity contribution in [3.8, 4) is 0 Å². The summed E-state index contributed by atoms with van der Waals surface area (Å²) in [7, 11) is -1.35. The third-order valence-corrected chi connectivity index (χ3v) is 6.53. The molecule has 3 heterocycles. The first-order chi connectivity index (χ1) is 9.89. The molecule has 1 aromatic rings. The van der Waals surface area contributed by atoms with E-state index in [1.807, 2.05) is 0 Å². The summed E-state index contributed by atoms with van der Waals surface area (Å²) >= 11 is 0. The predicted molar refractivity (Wildman–Crippen MR) is 77.6 cm³/mol. The fraction of sp³-hybridized carbons (Fsp3) is 0.769. The zero-order valence-electron chi connectivity index (χ0n) is 12.7. The molecule has 7 nitrogen and oxygen atoms in total. The van der Waals surface area contributed by atoms with Crippen molar-refractivity contribution in [1.29, 1.82) is 0 Å². The van der Waals surface area contributed by atoms with E-state index in [9.17, 15) is 8.42 Å². The van der Waals surface area contributed by atoms with E-state index >= 15 is 0 Å². The van der Waals surface area contributed by atoms with Crippen molar-refractivity contribution < 1.29 is 12.9 Å². The van der Waals surface area contributed by atoms with E-state index in [1.165, 1.54) is 4.31 Å². The Kier molecular flexibility index (Phi) is 3.81. The van der Waals surface area contributed by atoms with Crippen LogP contribution in [-0.4, -0.2) is 80.0 Å². The van der Waals surface area contributed by atoms with Crippen LogP contribution in [0.2, 0.25) is 0 Å². The second-order valence-corrected chi connectivity index (χ2v) is 7.84. The number of piperazine rings is 1. The molecular formula is C13H22N4O3S. The van der Waals surface area contributed by atoms with Gasteiger partial charge in [0.1, 0.15) is 10.6 Å². The molecule has 2 saturated heterocycles. The van der Waals surface area contributed by atoms with Gasteiger partial charge in [-0.15, -0.1) is 0 Å². The van der Waals surface area contributed by atoms with Gasteiger partial charge in [-0.05, 0) is 20.9 Å². The van der Waals surface area contributed by atoms with E-state index in [0.29, 0.717) is 30.6 Å². The summed E-state index contributed by atoms with van der Waals surface area (Å²) in [6.45, 7) is 8.57. The lowest BCUT2D eigenvalue weighted by atomic mass is 10.1. The first-order valence-corrected chi connectivity index (χ1v) is 8.69. The molecule has 0 amide bonds. The molecule has 0 atom stereocenters. The van der Waals surface area contributed by atoms with Gasteiger partial charge in [-0.1, -0.05) is 5.16 Å². The monoisotopic (exact) mass is 314 g/mol. The van der Waals surface area contributed by atoms with Gasteiger partial charge in [0.25, 0.3) is 0 Å². The third kappa shape index (κ3) is 2.61. The lowest BCUT2D eigenvalue weighted by molar-refractivity contribution is 0.0484. The Hall–Kier alpha value is -0.960. The lowest BCUT2D eigenvalue weighted by Crippen LogP contribution is -2.63. The van der Waals surface area contributed by atoms with Crippen LogP contribution in [0.25, 0.3) is 0 Å². The van der Waals surface area contributed by atoms with Gasteiger partial charge in [0.2, 0.25) is 10.0 Å². The smallest absolute Gasteiger partial charge is 0.248 e. The molecule has 0 N–H and O–H groups in total. The Balaban J connectivity index is 1.66. The molecule has 0 saturated carbocycles. The molecule has 2 aliphatic rings. The zero-order valence-corrected chi connectivity index (χ0v) is 13.6. The first kappa shape index (κ1) is 15.0. The Morgan fingerprint density at radius 2 is 1.76 bits per heavy atom. The number of rotatable bonds is 3. The van der Waals surface area contributed by atoms with Crippen LogP contribution in [0, 0.1) is 13.8 Å². The van der Waals surface area contributed by atoms with Gasteiger partial charge in [0.15, 0.2) is 5.76 Å². The summed E-state index contributed by atoms with van der Waals surface area (Å²) in [6.07, 6.45) is 0. The fourth-order valence-electron chi connectivity index (χ4n) is 3.00. The van der Waals surface area contributed by atoms with Gasteiger partial charge in [-0.25, -0.2) is 8.42 Å². The van der Waals surface area contributed by atoms with Crippen molar-refractivity contribution >= 4 is 10.0 Å². The zero-order chi connectivity index (χ0) is 15.2. The summed E-state index contributed by atoms with van der Waals surface area (Å²) in [6, 6.07) is 0.342. The molecule has 3 rings (SSSR count). The van der Waals surface area contributed by atoms with E-state index in [0.717, 1.165) is 26.2 Å². The maximum absolute atomic E-state index is 12.6. The van der Waals surface area contributed by atoms with Gasteiger partial charge in [0, 0.05) is 45.3 Å². The fourth-order valence-corrected chi connectivity index (χ4v) is 4.81. The van der Waals surface area contributed by atoms with Gasteiger partial charge < -0.3 is 9.42 Å². The molecule has 0 aliphatic carbocycles. The highest BCUT2D eigenvalue weighted by molar-refractivity contribution is 7.89. The average molecular weight is 314 g/mol. The SMILES string of the molecule is Cc1noc(C)c1S(=O)(=O)N1CC(N2CCN(C)CC2)C1. The van der Waals surface area contributed by atoms with Gasteiger partial charge >= 0.3 is 0 Å². The normalized spacial score (nSPS) is 23.4. The van der Waals surface area contributed by atoms with E-state index in [1.54, 1.807) is 13.8 Å². The predicted octanol–water partition coefficient (Wildman–Crippen LogP) is -0.0883. The van der Waals surface area contributed by atoms with Crippen LogP contribution in [0.5, 0.6) is 0 Å². The lowest BCUT2D eigenvalue weighted by Gasteiger charge is -2.46. The molecule has 0 spiro atoms. The van der Waals surface area contributed by atoms with Crippen molar-refractivity contribution in [2.45, 2.75) is 24.8 Å². The number of sulfonamides is 1. The number of aromatic nitrogens is 1. The largest absolute Gasteiger partial charge is 0.360 e. The van der Waals surface area contributed by atoms with Gasteiger partial charge in [-0.2, -0.15) is 4.31 Å². The topological polar surface area (TPSA) is 69.9 Å². The van der Waals surface area contributed by atoms with E-state index in [-0.39, 0.29) is 4.90 Å². The van der Waals surface area contributed by atoms with Crippen molar-refractivity contribution in [1.82, 2.24) is 19.3 Å².